The van der Waals surface area contributed by atoms with Gasteiger partial charge in [0.25, 0.3) is 0 Å². The number of aromatic hydroxyl groups is 1. The zero-order chi connectivity index (χ0) is 15.8. The highest BCUT2D eigenvalue weighted by atomic mass is 35.5. The number of nitro benzene ring substituents is 1. The maximum Gasteiger partial charge on any atom is 0.417 e. The Morgan fingerprint density at radius 2 is 1.95 bits per heavy atom. The number of pyridine rings is 1. The Morgan fingerprint density at radius 1 is 1.29 bits per heavy atom. The van der Waals surface area contributed by atoms with Gasteiger partial charge in [-0.3, -0.25) is 15.1 Å². The van der Waals surface area contributed by atoms with Crippen LogP contribution in [0, 0.1) is 10.1 Å². The summed E-state index contributed by atoms with van der Waals surface area (Å²) in [6, 6.07) is 3.98. The Bertz CT molecular complexity index is 719. The molecule has 0 bridgehead atoms. The number of benzene rings is 1. The van der Waals surface area contributed by atoms with Gasteiger partial charge in [-0.05, 0) is 18.2 Å². The van der Waals surface area contributed by atoms with Gasteiger partial charge in [0.2, 0.25) is 0 Å². The van der Waals surface area contributed by atoms with Gasteiger partial charge >= 0.3 is 11.9 Å². The molecule has 0 amide bonds. The Balaban J connectivity index is 2.53. The predicted octanol–water partition coefficient (Wildman–Crippen LogP) is 4.03. The molecule has 0 fully saturated rings. The highest BCUT2D eigenvalue weighted by Gasteiger charge is 2.31. The van der Waals surface area contributed by atoms with Gasteiger partial charge in [0.1, 0.15) is 0 Å². The number of phenolic OH excluding ortho intramolecular Hbond substituents is 1. The molecule has 21 heavy (non-hydrogen) atoms. The van der Waals surface area contributed by atoms with Crippen LogP contribution < -0.4 is 0 Å². The van der Waals surface area contributed by atoms with E-state index in [1.165, 1.54) is 6.07 Å². The van der Waals surface area contributed by atoms with Crippen LogP contribution in [-0.2, 0) is 6.18 Å². The quantitative estimate of drug-likeness (QED) is 0.670. The number of phenols is 1. The minimum Gasteiger partial charge on any atom is -0.502 e. The summed E-state index contributed by atoms with van der Waals surface area (Å²) in [6.45, 7) is 0. The number of nitro groups is 1. The van der Waals surface area contributed by atoms with Gasteiger partial charge in [0.15, 0.2) is 5.75 Å². The Morgan fingerprint density at radius 3 is 2.48 bits per heavy atom. The van der Waals surface area contributed by atoms with Crippen molar-refractivity contribution in [1.82, 2.24) is 4.98 Å². The molecule has 2 aromatic rings. The average Bonchev–Trinajstić information content (AvgIpc) is 2.38. The van der Waals surface area contributed by atoms with Gasteiger partial charge < -0.3 is 5.11 Å². The SMILES string of the molecule is O=[N+]([O-])c1cc(-c2ncc(C(F)(F)F)cc2Cl)ccc1O. The molecule has 110 valence electrons. The highest BCUT2D eigenvalue weighted by Crippen LogP contribution is 2.36. The van der Waals surface area contributed by atoms with Crippen molar-refractivity contribution in [3.05, 3.63) is 51.2 Å². The van der Waals surface area contributed by atoms with Gasteiger partial charge in [-0.15, -0.1) is 0 Å². The van der Waals surface area contributed by atoms with Crippen LogP contribution in [-0.4, -0.2) is 15.0 Å². The first-order chi connectivity index (χ1) is 9.70. The van der Waals surface area contributed by atoms with Crippen LogP contribution in [0.3, 0.4) is 0 Å². The number of rotatable bonds is 2. The third-order valence-corrected chi connectivity index (χ3v) is 2.90. The zero-order valence-corrected chi connectivity index (χ0v) is 10.8. The van der Waals surface area contributed by atoms with Crippen molar-refractivity contribution in [1.29, 1.82) is 0 Å². The molecule has 1 aromatic carbocycles. The van der Waals surface area contributed by atoms with E-state index in [4.69, 9.17) is 11.6 Å². The largest absolute Gasteiger partial charge is 0.502 e. The van der Waals surface area contributed by atoms with E-state index in [1.807, 2.05) is 0 Å². The molecule has 0 unspecified atom stereocenters. The van der Waals surface area contributed by atoms with E-state index in [9.17, 15) is 28.4 Å². The third kappa shape index (κ3) is 3.05. The lowest BCUT2D eigenvalue weighted by atomic mass is 10.1. The van der Waals surface area contributed by atoms with Crippen molar-refractivity contribution in [3.63, 3.8) is 0 Å². The molecule has 1 N–H and O–H groups in total. The highest BCUT2D eigenvalue weighted by molar-refractivity contribution is 6.33. The summed E-state index contributed by atoms with van der Waals surface area (Å²) in [5.41, 5.74) is -1.54. The van der Waals surface area contributed by atoms with Gasteiger partial charge in [0.05, 0.1) is 21.2 Å². The molecular weight excluding hydrogens is 313 g/mol. The second kappa shape index (κ2) is 5.21. The maximum atomic E-state index is 12.5. The summed E-state index contributed by atoms with van der Waals surface area (Å²) in [5.74, 6) is -0.563. The lowest BCUT2D eigenvalue weighted by molar-refractivity contribution is -0.385. The van der Waals surface area contributed by atoms with Crippen LogP contribution in [0.1, 0.15) is 5.56 Å². The van der Waals surface area contributed by atoms with Crippen LogP contribution >= 0.6 is 11.6 Å². The fraction of sp³-hybridized carbons (Fsp3) is 0.0833. The van der Waals surface area contributed by atoms with Crippen LogP contribution in [0.25, 0.3) is 11.3 Å². The van der Waals surface area contributed by atoms with Crippen molar-refractivity contribution >= 4 is 17.3 Å². The van der Waals surface area contributed by atoms with E-state index in [0.29, 0.717) is 12.3 Å². The first kappa shape index (κ1) is 15.0. The molecule has 1 heterocycles. The van der Waals surface area contributed by atoms with Gasteiger partial charge in [-0.1, -0.05) is 11.6 Å². The molecule has 0 aliphatic rings. The molecule has 0 spiro atoms. The number of hydrogen-bond acceptors (Lipinski definition) is 4. The van der Waals surface area contributed by atoms with E-state index >= 15 is 0 Å². The monoisotopic (exact) mass is 318 g/mol. The second-order valence-corrected chi connectivity index (χ2v) is 4.42. The molecule has 0 aliphatic heterocycles. The molecule has 0 saturated carbocycles. The molecule has 0 aliphatic carbocycles. The normalized spacial score (nSPS) is 11.4. The Kier molecular flexibility index (Phi) is 3.73. The predicted molar refractivity (Wildman–Crippen MR) is 68.0 cm³/mol. The molecular formula is C12H6ClF3N2O3. The summed E-state index contributed by atoms with van der Waals surface area (Å²) < 4.78 is 37.5. The standard InChI is InChI=1S/C12H6ClF3N2O3/c13-8-4-7(12(14,15)16)5-17-11(8)6-1-2-10(19)9(3-6)18(20)21/h1-5,19H. The summed E-state index contributed by atoms with van der Waals surface area (Å²) in [7, 11) is 0. The molecule has 0 radical (unpaired) electrons. The minimum absolute atomic E-state index is 0.0484. The topological polar surface area (TPSA) is 76.3 Å². The van der Waals surface area contributed by atoms with Crippen molar-refractivity contribution in [3.8, 4) is 17.0 Å². The fourth-order valence-corrected chi connectivity index (χ4v) is 1.90. The smallest absolute Gasteiger partial charge is 0.417 e. The molecule has 1 aromatic heterocycles. The Labute approximate surface area is 120 Å². The average molecular weight is 319 g/mol. The fourth-order valence-electron chi connectivity index (χ4n) is 1.62. The lowest BCUT2D eigenvalue weighted by Crippen LogP contribution is -2.05. The lowest BCUT2D eigenvalue weighted by Gasteiger charge is -2.09. The first-order valence-electron chi connectivity index (χ1n) is 5.40. The van der Waals surface area contributed by atoms with Gasteiger partial charge in [-0.25, -0.2) is 0 Å². The molecule has 2 rings (SSSR count). The number of aromatic nitrogens is 1. The van der Waals surface area contributed by atoms with E-state index in [1.54, 1.807) is 0 Å². The summed E-state index contributed by atoms with van der Waals surface area (Å²) in [5, 5.41) is 19.7. The van der Waals surface area contributed by atoms with E-state index < -0.39 is 28.1 Å². The van der Waals surface area contributed by atoms with Crippen molar-refractivity contribution in [2.24, 2.45) is 0 Å². The number of halogens is 4. The zero-order valence-electron chi connectivity index (χ0n) is 10.1. The van der Waals surface area contributed by atoms with Crippen LogP contribution in [0.5, 0.6) is 5.75 Å². The van der Waals surface area contributed by atoms with E-state index in [0.717, 1.165) is 12.1 Å². The molecule has 5 nitrogen and oxygen atoms in total. The van der Waals surface area contributed by atoms with E-state index in [-0.39, 0.29) is 16.3 Å². The Hall–Kier alpha value is -2.35. The van der Waals surface area contributed by atoms with Gasteiger partial charge in [0, 0.05) is 17.8 Å². The van der Waals surface area contributed by atoms with Crippen LogP contribution in [0.4, 0.5) is 18.9 Å². The van der Waals surface area contributed by atoms with Crippen LogP contribution in [0.2, 0.25) is 5.02 Å². The van der Waals surface area contributed by atoms with Crippen molar-refractivity contribution in [2.45, 2.75) is 6.18 Å². The minimum atomic E-state index is -4.59. The summed E-state index contributed by atoms with van der Waals surface area (Å²) in [4.78, 5) is 13.5. The third-order valence-electron chi connectivity index (χ3n) is 2.61. The van der Waals surface area contributed by atoms with Crippen LogP contribution in [0.15, 0.2) is 30.5 Å². The van der Waals surface area contributed by atoms with E-state index in [2.05, 4.69) is 4.98 Å². The van der Waals surface area contributed by atoms with Crippen molar-refractivity contribution < 1.29 is 23.2 Å². The summed E-state index contributed by atoms with van der Waals surface area (Å²) in [6.07, 6.45) is -4.00. The molecule has 0 saturated heterocycles. The first-order valence-corrected chi connectivity index (χ1v) is 5.78. The number of hydrogen-bond donors (Lipinski definition) is 1. The second-order valence-electron chi connectivity index (χ2n) is 4.01. The van der Waals surface area contributed by atoms with Crippen molar-refractivity contribution in [2.75, 3.05) is 0 Å². The molecule has 0 atom stereocenters. The number of nitrogens with zero attached hydrogens (tertiary/aromatic N) is 2. The maximum absolute atomic E-state index is 12.5. The summed E-state index contributed by atoms with van der Waals surface area (Å²) >= 11 is 5.75. The molecule has 9 heteroatoms. The number of alkyl halides is 3. The van der Waals surface area contributed by atoms with Gasteiger partial charge in [-0.2, -0.15) is 13.2 Å².